The molecule has 0 bridgehead atoms. The monoisotopic (exact) mass is 294 g/mol. The second-order valence-corrected chi connectivity index (χ2v) is 5.80. The second kappa shape index (κ2) is 5.06. The van der Waals surface area contributed by atoms with Crippen LogP contribution in [0.5, 0.6) is 0 Å². The highest BCUT2D eigenvalue weighted by Crippen LogP contribution is 2.45. The van der Waals surface area contributed by atoms with Crippen molar-refractivity contribution in [3.05, 3.63) is 59.7 Å². The molecule has 3 aromatic carbocycles. The van der Waals surface area contributed by atoms with Crippen LogP contribution < -0.4 is 0 Å². The smallest absolute Gasteiger partial charge is 0.114 e. The maximum Gasteiger partial charge on any atom is 0.114 e. The molecule has 3 nitrogen and oxygen atoms in total. The van der Waals surface area contributed by atoms with Gasteiger partial charge in [-0.1, -0.05) is 36.4 Å². The zero-order valence-corrected chi connectivity index (χ0v) is 12.4. The summed E-state index contributed by atoms with van der Waals surface area (Å²) in [5, 5.41) is 25.1. The van der Waals surface area contributed by atoms with Gasteiger partial charge >= 0.3 is 0 Å². The van der Waals surface area contributed by atoms with Gasteiger partial charge in [-0.05, 0) is 51.7 Å². The minimum absolute atomic E-state index is 0.472. The summed E-state index contributed by atoms with van der Waals surface area (Å²) in [6, 6.07) is 16.4. The average molecular weight is 294 g/mol. The van der Waals surface area contributed by atoms with Crippen molar-refractivity contribution >= 4 is 21.5 Å². The maximum absolute atomic E-state index is 10.3. The Morgan fingerprint density at radius 2 is 1.68 bits per heavy atom. The largest absolute Gasteiger partial charge is 0.387 e. The Hall–Kier alpha value is -1.94. The summed E-state index contributed by atoms with van der Waals surface area (Å²) in [6.45, 7) is 2.40. The van der Waals surface area contributed by atoms with Gasteiger partial charge in [0.15, 0.2) is 0 Å². The minimum Gasteiger partial charge on any atom is -0.387 e. The van der Waals surface area contributed by atoms with Gasteiger partial charge in [0.2, 0.25) is 0 Å². The summed E-state index contributed by atoms with van der Waals surface area (Å²) < 4.78 is 5.72. The first-order valence-corrected chi connectivity index (χ1v) is 7.63. The first-order valence-electron chi connectivity index (χ1n) is 7.63. The van der Waals surface area contributed by atoms with Crippen LogP contribution in [0.25, 0.3) is 21.5 Å². The van der Waals surface area contributed by atoms with E-state index in [0.29, 0.717) is 6.61 Å². The van der Waals surface area contributed by atoms with Crippen LogP contribution >= 0.6 is 0 Å². The molecule has 3 unspecified atom stereocenters. The lowest BCUT2D eigenvalue weighted by Crippen LogP contribution is -2.20. The van der Waals surface area contributed by atoms with E-state index in [1.54, 1.807) is 0 Å². The van der Waals surface area contributed by atoms with Crippen LogP contribution in [0.3, 0.4) is 0 Å². The molecule has 0 radical (unpaired) electrons. The van der Waals surface area contributed by atoms with Gasteiger partial charge < -0.3 is 14.9 Å². The fourth-order valence-electron chi connectivity index (χ4n) is 3.51. The first-order chi connectivity index (χ1) is 10.7. The van der Waals surface area contributed by atoms with Gasteiger partial charge in [-0.3, -0.25) is 0 Å². The van der Waals surface area contributed by atoms with Crippen molar-refractivity contribution in [3.8, 4) is 0 Å². The SMILES string of the molecule is CCOC1c2c(ccc3cc4ccccc4cc23)C(O)C1O. The quantitative estimate of drug-likeness (QED) is 0.711. The highest BCUT2D eigenvalue weighted by atomic mass is 16.5. The molecule has 0 aliphatic heterocycles. The van der Waals surface area contributed by atoms with E-state index in [1.165, 1.54) is 5.39 Å². The third-order valence-electron chi connectivity index (χ3n) is 4.54. The molecule has 0 saturated heterocycles. The van der Waals surface area contributed by atoms with E-state index in [0.717, 1.165) is 27.3 Å². The Kier molecular flexibility index (Phi) is 3.15. The van der Waals surface area contributed by atoms with Crippen molar-refractivity contribution in [2.24, 2.45) is 0 Å². The van der Waals surface area contributed by atoms with Gasteiger partial charge in [-0.2, -0.15) is 0 Å². The maximum atomic E-state index is 10.3. The molecule has 0 amide bonds. The molecule has 0 spiro atoms. The molecule has 0 aromatic heterocycles. The van der Waals surface area contributed by atoms with E-state index < -0.39 is 18.3 Å². The van der Waals surface area contributed by atoms with Crippen molar-refractivity contribution < 1.29 is 14.9 Å². The van der Waals surface area contributed by atoms with Gasteiger partial charge in [0.25, 0.3) is 0 Å². The Bertz CT molecular complexity index is 856. The predicted molar refractivity (Wildman–Crippen MR) is 86.8 cm³/mol. The topological polar surface area (TPSA) is 49.7 Å². The summed E-state index contributed by atoms with van der Waals surface area (Å²) in [5.41, 5.74) is 1.69. The summed E-state index contributed by atoms with van der Waals surface area (Å²) in [5.74, 6) is 0. The van der Waals surface area contributed by atoms with E-state index in [1.807, 2.05) is 31.2 Å². The van der Waals surface area contributed by atoms with Crippen LogP contribution in [0.15, 0.2) is 48.5 Å². The zero-order valence-electron chi connectivity index (χ0n) is 12.4. The summed E-state index contributed by atoms with van der Waals surface area (Å²) >= 11 is 0. The number of hydrogen-bond acceptors (Lipinski definition) is 3. The molecule has 0 fully saturated rings. The van der Waals surface area contributed by atoms with Crippen LogP contribution in [0.1, 0.15) is 30.3 Å². The van der Waals surface area contributed by atoms with Crippen molar-refractivity contribution in [2.45, 2.75) is 25.2 Å². The Morgan fingerprint density at radius 1 is 0.955 bits per heavy atom. The third kappa shape index (κ3) is 1.87. The van der Waals surface area contributed by atoms with Crippen LogP contribution in [0, 0.1) is 0 Å². The van der Waals surface area contributed by atoms with Crippen molar-refractivity contribution in [3.63, 3.8) is 0 Å². The van der Waals surface area contributed by atoms with Crippen LogP contribution in [0.2, 0.25) is 0 Å². The molecule has 3 atom stereocenters. The van der Waals surface area contributed by atoms with Gasteiger partial charge in [-0.15, -0.1) is 0 Å². The molecule has 0 saturated carbocycles. The Balaban J connectivity index is 2.04. The summed E-state index contributed by atoms with van der Waals surface area (Å²) in [4.78, 5) is 0. The molecule has 1 aliphatic carbocycles. The summed E-state index contributed by atoms with van der Waals surface area (Å²) in [7, 11) is 0. The van der Waals surface area contributed by atoms with E-state index >= 15 is 0 Å². The van der Waals surface area contributed by atoms with Gasteiger partial charge in [0, 0.05) is 6.61 Å². The van der Waals surface area contributed by atoms with Crippen molar-refractivity contribution in [2.75, 3.05) is 6.61 Å². The lowest BCUT2D eigenvalue weighted by Gasteiger charge is -2.18. The number of hydrogen-bond donors (Lipinski definition) is 2. The molecule has 4 rings (SSSR count). The molecular weight excluding hydrogens is 276 g/mol. The second-order valence-electron chi connectivity index (χ2n) is 5.80. The Morgan fingerprint density at radius 3 is 2.41 bits per heavy atom. The third-order valence-corrected chi connectivity index (χ3v) is 4.54. The average Bonchev–Trinajstić information content (AvgIpc) is 2.78. The number of aliphatic hydroxyl groups is 2. The molecule has 2 N–H and O–H groups in total. The lowest BCUT2D eigenvalue weighted by molar-refractivity contribution is -0.0731. The number of fused-ring (bicyclic) bond motifs is 4. The number of benzene rings is 3. The first kappa shape index (κ1) is 13.7. The molecule has 3 heteroatoms. The molecule has 22 heavy (non-hydrogen) atoms. The van der Waals surface area contributed by atoms with Crippen LogP contribution in [0.4, 0.5) is 0 Å². The molecule has 1 aliphatic rings. The fourth-order valence-corrected chi connectivity index (χ4v) is 3.51. The van der Waals surface area contributed by atoms with Crippen LogP contribution in [-0.2, 0) is 4.74 Å². The fraction of sp³-hybridized carbons (Fsp3) is 0.263. The van der Waals surface area contributed by atoms with Gasteiger partial charge in [0.1, 0.15) is 18.3 Å². The highest BCUT2D eigenvalue weighted by molar-refractivity contribution is 6.00. The normalized spacial score (nSPS) is 24.0. The number of aliphatic hydroxyl groups excluding tert-OH is 2. The molecule has 112 valence electrons. The minimum atomic E-state index is -0.910. The van der Waals surface area contributed by atoms with Gasteiger partial charge in [0.05, 0.1) is 0 Å². The number of rotatable bonds is 2. The van der Waals surface area contributed by atoms with Crippen LogP contribution in [-0.4, -0.2) is 22.9 Å². The molecule has 0 heterocycles. The number of ether oxygens (including phenoxy) is 1. The van der Waals surface area contributed by atoms with E-state index in [4.69, 9.17) is 4.74 Å². The van der Waals surface area contributed by atoms with Gasteiger partial charge in [-0.25, -0.2) is 0 Å². The predicted octanol–water partition coefficient (Wildman–Crippen LogP) is 3.48. The van der Waals surface area contributed by atoms with E-state index in [9.17, 15) is 10.2 Å². The lowest BCUT2D eigenvalue weighted by atomic mass is 9.96. The zero-order chi connectivity index (χ0) is 15.3. The van der Waals surface area contributed by atoms with E-state index in [2.05, 4.69) is 24.3 Å². The molecular formula is C19H18O3. The van der Waals surface area contributed by atoms with Crippen molar-refractivity contribution in [1.29, 1.82) is 0 Å². The Labute approximate surface area is 128 Å². The highest BCUT2D eigenvalue weighted by Gasteiger charge is 2.40. The molecule has 3 aromatic rings. The standard InChI is InChI=1S/C19H18O3/c1-2-22-19-16-14(17(20)18(19)21)8-7-13-9-11-5-3-4-6-12(11)10-15(13)16/h3-10,17-21H,2H2,1H3. The van der Waals surface area contributed by atoms with E-state index in [-0.39, 0.29) is 0 Å². The summed E-state index contributed by atoms with van der Waals surface area (Å²) in [6.07, 6.45) is -2.27. The van der Waals surface area contributed by atoms with Crippen molar-refractivity contribution in [1.82, 2.24) is 0 Å².